The lowest BCUT2D eigenvalue weighted by Crippen LogP contribution is -2.24. The maximum Gasteiger partial charge on any atom is 0.251 e. The van der Waals surface area contributed by atoms with Gasteiger partial charge in [0.05, 0.1) is 6.54 Å². The van der Waals surface area contributed by atoms with Gasteiger partial charge in [-0.05, 0) is 37.6 Å². The van der Waals surface area contributed by atoms with E-state index in [1.165, 1.54) is 11.1 Å². The average Bonchev–Trinajstić information content (AvgIpc) is 3.36. The number of rotatable bonds is 7. The Hall–Kier alpha value is -3.00. The zero-order chi connectivity index (χ0) is 20.2. The van der Waals surface area contributed by atoms with Crippen molar-refractivity contribution in [3.05, 3.63) is 65.0 Å². The van der Waals surface area contributed by atoms with Crippen LogP contribution in [0.3, 0.4) is 0 Å². The maximum atomic E-state index is 12.5. The predicted octanol–water partition coefficient (Wildman–Crippen LogP) is 3.56. The van der Waals surface area contributed by atoms with Gasteiger partial charge in [0.2, 0.25) is 6.79 Å². The zero-order valence-electron chi connectivity index (χ0n) is 16.3. The molecule has 0 aliphatic carbocycles. The average molecular weight is 410 g/mol. The molecule has 0 saturated carbocycles. The fourth-order valence-corrected chi connectivity index (χ4v) is 4.09. The summed E-state index contributed by atoms with van der Waals surface area (Å²) < 4.78 is 12.6. The first-order valence-corrected chi connectivity index (χ1v) is 10.4. The number of fused-ring (bicyclic) bond motifs is 1. The molecule has 1 N–H and O–H groups in total. The Labute approximate surface area is 173 Å². The van der Waals surface area contributed by atoms with Crippen molar-refractivity contribution in [1.29, 1.82) is 0 Å². The first kappa shape index (κ1) is 19.3. The minimum absolute atomic E-state index is 0.184. The SMILES string of the molecule is CCn1c(CNC(=O)c2ccc3c(c2)OCO3)nnc1SCc1cccc(C)c1. The molecule has 3 aromatic rings. The molecule has 7 nitrogen and oxygen atoms in total. The van der Waals surface area contributed by atoms with Crippen LogP contribution in [-0.2, 0) is 18.8 Å². The van der Waals surface area contributed by atoms with Crippen LogP contribution in [0.5, 0.6) is 11.5 Å². The van der Waals surface area contributed by atoms with Crippen molar-refractivity contribution in [2.24, 2.45) is 0 Å². The van der Waals surface area contributed by atoms with Crippen LogP contribution in [0.15, 0.2) is 47.6 Å². The van der Waals surface area contributed by atoms with Crippen molar-refractivity contribution >= 4 is 17.7 Å². The quantitative estimate of drug-likeness (QED) is 0.600. The van der Waals surface area contributed by atoms with Crippen molar-refractivity contribution in [1.82, 2.24) is 20.1 Å². The van der Waals surface area contributed by atoms with E-state index in [0.717, 1.165) is 23.3 Å². The summed E-state index contributed by atoms with van der Waals surface area (Å²) in [6.07, 6.45) is 0. The molecule has 2 aromatic carbocycles. The highest BCUT2D eigenvalue weighted by Gasteiger charge is 2.17. The summed E-state index contributed by atoms with van der Waals surface area (Å²) in [6.45, 7) is 5.35. The Morgan fingerprint density at radius 3 is 2.86 bits per heavy atom. The smallest absolute Gasteiger partial charge is 0.251 e. The van der Waals surface area contributed by atoms with Gasteiger partial charge >= 0.3 is 0 Å². The number of hydrogen-bond acceptors (Lipinski definition) is 6. The number of carbonyl (C=O) groups excluding carboxylic acids is 1. The second-order valence-corrected chi connectivity index (χ2v) is 7.61. The van der Waals surface area contributed by atoms with Gasteiger partial charge in [-0.15, -0.1) is 10.2 Å². The highest BCUT2D eigenvalue weighted by atomic mass is 32.2. The number of aryl methyl sites for hydroxylation is 1. The lowest BCUT2D eigenvalue weighted by Gasteiger charge is -2.09. The Morgan fingerprint density at radius 2 is 2.03 bits per heavy atom. The summed E-state index contributed by atoms with van der Waals surface area (Å²) >= 11 is 1.64. The molecule has 2 heterocycles. The fourth-order valence-electron chi connectivity index (χ4n) is 3.12. The van der Waals surface area contributed by atoms with E-state index in [1.54, 1.807) is 30.0 Å². The molecule has 0 unspecified atom stereocenters. The van der Waals surface area contributed by atoms with E-state index in [-0.39, 0.29) is 12.7 Å². The van der Waals surface area contributed by atoms with Crippen LogP contribution in [0, 0.1) is 6.92 Å². The van der Waals surface area contributed by atoms with Crippen molar-refractivity contribution in [2.45, 2.75) is 37.8 Å². The maximum absolute atomic E-state index is 12.5. The topological polar surface area (TPSA) is 78.3 Å². The molecule has 1 aliphatic rings. The second kappa shape index (κ2) is 8.57. The fraction of sp³-hybridized carbons (Fsp3) is 0.286. The third-order valence-corrected chi connectivity index (χ3v) is 5.64. The molecule has 1 aromatic heterocycles. The molecule has 0 spiro atoms. The van der Waals surface area contributed by atoms with Gasteiger partial charge in [-0.3, -0.25) is 4.79 Å². The predicted molar refractivity (Wildman–Crippen MR) is 110 cm³/mol. The molecule has 0 bridgehead atoms. The summed E-state index contributed by atoms with van der Waals surface area (Å²) in [5, 5.41) is 12.3. The van der Waals surface area contributed by atoms with E-state index in [9.17, 15) is 4.79 Å². The zero-order valence-corrected chi connectivity index (χ0v) is 17.2. The van der Waals surface area contributed by atoms with E-state index >= 15 is 0 Å². The number of carbonyl (C=O) groups is 1. The van der Waals surface area contributed by atoms with Crippen molar-refractivity contribution < 1.29 is 14.3 Å². The number of aromatic nitrogens is 3. The van der Waals surface area contributed by atoms with Gasteiger partial charge in [0.1, 0.15) is 0 Å². The first-order chi connectivity index (χ1) is 14.1. The lowest BCUT2D eigenvalue weighted by molar-refractivity contribution is 0.0949. The number of amides is 1. The van der Waals surface area contributed by atoms with Crippen LogP contribution in [0.2, 0.25) is 0 Å². The number of nitrogens with zero attached hydrogens (tertiary/aromatic N) is 3. The standard InChI is InChI=1S/C21H22N4O3S/c1-3-25-19(23-24-21(25)29-12-15-6-4-5-14(2)9-15)11-22-20(26)16-7-8-17-18(10-16)28-13-27-17/h4-10H,3,11-13H2,1-2H3,(H,22,26). The van der Waals surface area contributed by atoms with Crippen LogP contribution in [0.25, 0.3) is 0 Å². The third-order valence-electron chi connectivity index (χ3n) is 4.60. The number of ether oxygens (including phenoxy) is 2. The largest absolute Gasteiger partial charge is 0.454 e. The van der Waals surface area contributed by atoms with E-state index in [0.29, 0.717) is 23.6 Å². The molecule has 0 saturated heterocycles. The van der Waals surface area contributed by atoms with Gasteiger partial charge in [0.25, 0.3) is 5.91 Å². The Balaban J connectivity index is 1.39. The Kier molecular flexibility index (Phi) is 5.71. The molecule has 0 atom stereocenters. The number of benzene rings is 2. The molecule has 0 radical (unpaired) electrons. The minimum atomic E-state index is -0.192. The van der Waals surface area contributed by atoms with E-state index in [4.69, 9.17) is 9.47 Å². The highest BCUT2D eigenvalue weighted by molar-refractivity contribution is 7.98. The molecular weight excluding hydrogens is 388 g/mol. The van der Waals surface area contributed by atoms with E-state index in [1.807, 2.05) is 11.5 Å². The van der Waals surface area contributed by atoms with Crippen LogP contribution < -0.4 is 14.8 Å². The highest BCUT2D eigenvalue weighted by Crippen LogP contribution is 2.32. The van der Waals surface area contributed by atoms with Crippen molar-refractivity contribution in [3.8, 4) is 11.5 Å². The van der Waals surface area contributed by atoms with E-state index < -0.39 is 0 Å². The Morgan fingerprint density at radius 1 is 1.17 bits per heavy atom. The van der Waals surface area contributed by atoms with Crippen molar-refractivity contribution in [3.63, 3.8) is 0 Å². The first-order valence-electron chi connectivity index (χ1n) is 9.42. The summed E-state index contributed by atoms with van der Waals surface area (Å²) in [4.78, 5) is 12.5. The molecule has 150 valence electrons. The lowest BCUT2D eigenvalue weighted by atomic mass is 10.2. The van der Waals surface area contributed by atoms with Gasteiger partial charge in [0.15, 0.2) is 22.5 Å². The summed E-state index contributed by atoms with van der Waals surface area (Å²) in [5.74, 6) is 2.60. The Bertz CT molecular complexity index is 1030. The second-order valence-electron chi connectivity index (χ2n) is 6.67. The summed E-state index contributed by atoms with van der Waals surface area (Å²) in [6, 6.07) is 13.6. The summed E-state index contributed by atoms with van der Waals surface area (Å²) in [5.41, 5.74) is 3.01. The van der Waals surface area contributed by atoms with Gasteiger partial charge in [-0.2, -0.15) is 0 Å². The van der Waals surface area contributed by atoms with Crippen LogP contribution >= 0.6 is 11.8 Å². The van der Waals surface area contributed by atoms with Gasteiger partial charge < -0.3 is 19.4 Å². The minimum Gasteiger partial charge on any atom is -0.454 e. The molecular formula is C21H22N4O3S. The van der Waals surface area contributed by atoms with Crippen LogP contribution in [-0.4, -0.2) is 27.5 Å². The van der Waals surface area contributed by atoms with Gasteiger partial charge in [0, 0.05) is 17.9 Å². The summed E-state index contributed by atoms with van der Waals surface area (Å²) in [7, 11) is 0. The van der Waals surface area contributed by atoms with Crippen molar-refractivity contribution in [2.75, 3.05) is 6.79 Å². The molecule has 1 aliphatic heterocycles. The number of thioether (sulfide) groups is 1. The van der Waals surface area contributed by atoms with Crippen LogP contribution in [0.1, 0.15) is 34.2 Å². The van der Waals surface area contributed by atoms with Crippen LogP contribution in [0.4, 0.5) is 0 Å². The normalized spacial score (nSPS) is 12.2. The van der Waals surface area contributed by atoms with Gasteiger partial charge in [-0.1, -0.05) is 41.6 Å². The molecule has 0 fully saturated rings. The molecule has 4 rings (SSSR count). The molecule has 29 heavy (non-hydrogen) atoms. The monoisotopic (exact) mass is 410 g/mol. The van der Waals surface area contributed by atoms with Gasteiger partial charge in [-0.25, -0.2) is 0 Å². The number of hydrogen-bond donors (Lipinski definition) is 1. The number of nitrogens with one attached hydrogen (secondary N) is 1. The third kappa shape index (κ3) is 4.37. The van der Waals surface area contributed by atoms with E-state index in [2.05, 4.69) is 46.7 Å². The molecule has 8 heteroatoms. The molecule has 1 amide bonds.